The lowest BCUT2D eigenvalue weighted by Gasteiger charge is -2.13. The third-order valence-electron chi connectivity index (χ3n) is 3.87. The summed E-state index contributed by atoms with van der Waals surface area (Å²) in [7, 11) is 0. The molecule has 1 aromatic heterocycles. The Balaban J connectivity index is 1.65. The molecule has 0 radical (unpaired) electrons. The summed E-state index contributed by atoms with van der Waals surface area (Å²) >= 11 is 1.84. The number of para-hydroxylation sites is 1. The lowest BCUT2D eigenvalue weighted by atomic mass is 10.1. The van der Waals surface area contributed by atoms with Gasteiger partial charge in [-0.25, -0.2) is 0 Å². The molecule has 1 N–H and O–H groups in total. The van der Waals surface area contributed by atoms with Gasteiger partial charge in [0.05, 0.1) is 5.52 Å². The lowest BCUT2D eigenvalue weighted by molar-refractivity contribution is 0.503. The van der Waals surface area contributed by atoms with Gasteiger partial charge in [-0.15, -0.1) is 0 Å². The van der Waals surface area contributed by atoms with Crippen LogP contribution >= 0.6 is 11.8 Å². The van der Waals surface area contributed by atoms with Crippen molar-refractivity contribution in [1.82, 2.24) is 10.3 Å². The number of aromatic nitrogens is 1. The van der Waals surface area contributed by atoms with Crippen molar-refractivity contribution in [3.05, 3.63) is 42.1 Å². The normalized spacial score (nSPS) is 20.3. The van der Waals surface area contributed by atoms with Gasteiger partial charge in [0, 0.05) is 29.9 Å². The van der Waals surface area contributed by atoms with Gasteiger partial charge in [-0.1, -0.05) is 49.9 Å². The molecule has 0 bridgehead atoms. The Hall–Kier alpha value is -1.55. The lowest BCUT2D eigenvalue weighted by Crippen LogP contribution is -2.31. The van der Waals surface area contributed by atoms with Crippen LogP contribution in [-0.2, 0) is 6.42 Å². The highest BCUT2D eigenvalue weighted by atomic mass is 32.2. The molecule has 2 aromatic rings. The third kappa shape index (κ3) is 3.38. The van der Waals surface area contributed by atoms with Gasteiger partial charge in [0.15, 0.2) is 5.17 Å². The van der Waals surface area contributed by atoms with E-state index in [4.69, 9.17) is 4.99 Å². The molecule has 1 saturated heterocycles. The number of aliphatic imine (C=N–C) groups is 1. The molecule has 0 saturated carbocycles. The maximum Gasteiger partial charge on any atom is 0.156 e. The van der Waals surface area contributed by atoms with E-state index < -0.39 is 0 Å². The quantitative estimate of drug-likeness (QED) is 0.939. The highest BCUT2D eigenvalue weighted by Gasteiger charge is 2.22. The van der Waals surface area contributed by atoms with Crippen molar-refractivity contribution in [2.45, 2.75) is 26.3 Å². The predicted octanol–water partition coefficient (Wildman–Crippen LogP) is 3.49. The molecule has 3 rings (SSSR count). The van der Waals surface area contributed by atoms with Crippen LogP contribution in [0.4, 0.5) is 0 Å². The van der Waals surface area contributed by atoms with Gasteiger partial charge in [-0.05, 0) is 24.0 Å². The van der Waals surface area contributed by atoms with Crippen LogP contribution in [0.2, 0.25) is 0 Å². The maximum absolute atomic E-state index is 4.70. The molecule has 0 spiro atoms. The van der Waals surface area contributed by atoms with E-state index in [9.17, 15) is 0 Å². The molecule has 1 atom stereocenters. The smallest absolute Gasteiger partial charge is 0.156 e. The Morgan fingerprint density at radius 3 is 3.00 bits per heavy atom. The van der Waals surface area contributed by atoms with Crippen LogP contribution in [0.1, 0.15) is 19.4 Å². The zero-order valence-corrected chi connectivity index (χ0v) is 13.4. The first-order valence-electron chi connectivity index (χ1n) is 7.50. The first-order valence-corrected chi connectivity index (χ1v) is 8.49. The van der Waals surface area contributed by atoms with Gasteiger partial charge in [-0.2, -0.15) is 0 Å². The van der Waals surface area contributed by atoms with Crippen molar-refractivity contribution in [2.24, 2.45) is 10.9 Å². The molecule has 3 nitrogen and oxygen atoms in total. The predicted molar refractivity (Wildman–Crippen MR) is 92.0 cm³/mol. The van der Waals surface area contributed by atoms with Crippen LogP contribution in [-0.4, -0.2) is 28.5 Å². The molecule has 1 aliphatic heterocycles. The summed E-state index contributed by atoms with van der Waals surface area (Å²) in [6.07, 6.45) is 2.80. The fourth-order valence-corrected chi connectivity index (χ4v) is 3.73. The van der Waals surface area contributed by atoms with Gasteiger partial charge >= 0.3 is 0 Å². The summed E-state index contributed by atoms with van der Waals surface area (Å²) in [5.74, 6) is 1.79. The summed E-state index contributed by atoms with van der Waals surface area (Å²) in [5, 5.41) is 5.81. The number of hydrogen-bond acceptors (Lipinski definition) is 3. The van der Waals surface area contributed by atoms with Crippen LogP contribution in [0, 0.1) is 5.92 Å². The third-order valence-corrected chi connectivity index (χ3v) is 4.91. The molecule has 1 fully saturated rings. The van der Waals surface area contributed by atoms with Crippen molar-refractivity contribution < 1.29 is 0 Å². The second-order valence-corrected chi connectivity index (χ2v) is 6.74. The fourth-order valence-electron chi connectivity index (χ4n) is 2.51. The minimum absolute atomic E-state index is 0.563. The van der Waals surface area contributed by atoms with Crippen molar-refractivity contribution in [1.29, 1.82) is 0 Å². The Morgan fingerprint density at radius 1 is 1.33 bits per heavy atom. The maximum atomic E-state index is 4.70. The number of thioether (sulfide) groups is 1. The number of fused-ring (bicyclic) bond motifs is 1. The van der Waals surface area contributed by atoms with E-state index in [-0.39, 0.29) is 0 Å². The molecule has 0 amide bonds. The second kappa shape index (κ2) is 6.48. The van der Waals surface area contributed by atoms with Crippen LogP contribution in [0.15, 0.2) is 41.5 Å². The van der Waals surface area contributed by atoms with Gasteiger partial charge in [0.2, 0.25) is 0 Å². The fraction of sp³-hybridized carbons (Fsp3) is 0.412. The number of hydrogen-bond donors (Lipinski definition) is 1. The molecule has 0 aliphatic carbocycles. The highest BCUT2D eigenvalue weighted by Crippen LogP contribution is 2.20. The van der Waals surface area contributed by atoms with Crippen molar-refractivity contribution in [3.63, 3.8) is 0 Å². The van der Waals surface area contributed by atoms with Gasteiger partial charge in [0.1, 0.15) is 0 Å². The van der Waals surface area contributed by atoms with Crippen molar-refractivity contribution >= 4 is 27.8 Å². The number of nitrogens with zero attached hydrogens (tertiary/aromatic N) is 2. The molecule has 21 heavy (non-hydrogen) atoms. The average Bonchev–Trinajstić information content (AvgIpc) is 2.97. The number of nitrogens with one attached hydrogen (secondary N) is 1. The molecule has 1 aliphatic rings. The second-order valence-electron chi connectivity index (χ2n) is 5.73. The van der Waals surface area contributed by atoms with Crippen LogP contribution in [0.3, 0.4) is 0 Å². The Labute approximate surface area is 130 Å². The summed E-state index contributed by atoms with van der Waals surface area (Å²) in [5.41, 5.74) is 2.38. The topological polar surface area (TPSA) is 37.3 Å². The zero-order chi connectivity index (χ0) is 14.7. The SMILES string of the molecule is CC(C)[C@H]1CSC(=NCCc2cccc3cccnc23)N1. The summed E-state index contributed by atoms with van der Waals surface area (Å²) in [4.78, 5) is 9.20. The summed E-state index contributed by atoms with van der Waals surface area (Å²) in [6.45, 7) is 5.32. The molecular weight excluding hydrogens is 278 g/mol. The minimum atomic E-state index is 0.563. The van der Waals surface area contributed by atoms with Crippen molar-refractivity contribution in [3.8, 4) is 0 Å². The number of rotatable bonds is 4. The van der Waals surface area contributed by atoms with Gasteiger partial charge < -0.3 is 5.32 Å². The van der Waals surface area contributed by atoms with Crippen LogP contribution in [0.5, 0.6) is 0 Å². The molecule has 0 unspecified atom stereocenters. The van der Waals surface area contributed by atoms with Crippen molar-refractivity contribution in [2.75, 3.05) is 12.3 Å². The molecule has 4 heteroatoms. The molecule has 2 heterocycles. The number of amidine groups is 1. The van der Waals surface area contributed by atoms with E-state index in [2.05, 4.69) is 48.4 Å². The first kappa shape index (κ1) is 14.4. The molecule has 1 aromatic carbocycles. The van der Waals surface area contributed by atoms with Gasteiger partial charge in [0.25, 0.3) is 0 Å². The Kier molecular flexibility index (Phi) is 4.44. The Bertz CT molecular complexity index is 646. The number of pyridine rings is 1. The van der Waals surface area contributed by atoms with Crippen LogP contribution in [0.25, 0.3) is 10.9 Å². The first-order chi connectivity index (χ1) is 10.2. The minimum Gasteiger partial charge on any atom is -0.361 e. The summed E-state index contributed by atoms with van der Waals surface area (Å²) < 4.78 is 0. The summed E-state index contributed by atoms with van der Waals surface area (Å²) in [6, 6.07) is 11.0. The van der Waals surface area contributed by atoms with Gasteiger partial charge in [-0.3, -0.25) is 9.98 Å². The highest BCUT2D eigenvalue weighted by molar-refractivity contribution is 8.14. The standard InChI is InChI=1S/C17H21N3S/c1-12(2)15-11-21-17(20-15)19-10-8-14-6-3-5-13-7-4-9-18-16(13)14/h3-7,9,12,15H,8,10-11H2,1-2H3,(H,19,20)/t15-/m1/s1. The molecule has 110 valence electrons. The largest absolute Gasteiger partial charge is 0.361 e. The van der Waals surface area contributed by atoms with E-state index in [0.29, 0.717) is 12.0 Å². The zero-order valence-electron chi connectivity index (χ0n) is 12.5. The van der Waals surface area contributed by atoms with E-state index in [1.54, 1.807) is 0 Å². The Morgan fingerprint density at radius 2 is 2.19 bits per heavy atom. The molecular formula is C17H21N3S. The van der Waals surface area contributed by atoms with E-state index in [1.807, 2.05) is 24.0 Å². The van der Waals surface area contributed by atoms with Crippen LogP contribution < -0.4 is 5.32 Å². The van der Waals surface area contributed by atoms with E-state index in [1.165, 1.54) is 10.9 Å². The monoisotopic (exact) mass is 299 g/mol. The van der Waals surface area contributed by atoms with E-state index >= 15 is 0 Å². The number of benzene rings is 1. The van der Waals surface area contributed by atoms with E-state index in [0.717, 1.165) is 29.4 Å². The average molecular weight is 299 g/mol.